The van der Waals surface area contributed by atoms with Crippen LogP contribution in [0.25, 0.3) is 0 Å². The highest BCUT2D eigenvalue weighted by atomic mass is 31.1. The van der Waals surface area contributed by atoms with E-state index >= 15 is 0 Å². The van der Waals surface area contributed by atoms with Gasteiger partial charge in [0.05, 0.1) is 0 Å². The van der Waals surface area contributed by atoms with Crippen molar-refractivity contribution >= 4 is 13.2 Å². The third kappa shape index (κ3) is 5.33. The molecule has 0 aliphatic carbocycles. The summed E-state index contributed by atoms with van der Waals surface area (Å²) >= 11 is 0. The van der Waals surface area contributed by atoms with Crippen LogP contribution in [-0.4, -0.2) is 12.8 Å². The molecule has 15 heavy (non-hydrogen) atoms. The van der Waals surface area contributed by atoms with Gasteiger partial charge in [-0.15, -0.1) is 0 Å². The Hall–Kier alpha value is -0.350. The van der Waals surface area contributed by atoms with Gasteiger partial charge in [-0.3, -0.25) is 0 Å². The molecule has 1 aromatic rings. The van der Waals surface area contributed by atoms with Crippen LogP contribution in [-0.2, 0) is 0 Å². The fourth-order valence-electron chi connectivity index (χ4n) is 1.71. The molecule has 84 valence electrons. The lowest BCUT2D eigenvalue weighted by molar-refractivity contribution is 0.551. The number of unbranched alkanes of at least 4 members (excludes halogenated alkanes) is 1. The SMILES string of the molecule is CC(C)CCCCP(C)c1ccccc1. The van der Waals surface area contributed by atoms with Crippen molar-refractivity contribution in [1.82, 2.24) is 0 Å². The molecule has 0 heterocycles. The van der Waals surface area contributed by atoms with E-state index in [-0.39, 0.29) is 7.92 Å². The monoisotopic (exact) mass is 222 g/mol. The summed E-state index contributed by atoms with van der Waals surface area (Å²) in [4.78, 5) is 0. The minimum absolute atomic E-state index is 0.0934. The first kappa shape index (κ1) is 12.7. The predicted molar refractivity (Wildman–Crippen MR) is 72.5 cm³/mol. The van der Waals surface area contributed by atoms with Gasteiger partial charge in [0.1, 0.15) is 0 Å². The largest absolute Gasteiger partial charge is 0.0785 e. The molecule has 0 radical (unpaired) electrons. The van der Waals surface area contributed by atoms with Crippen LogP contribution in [0.1, 0.15) is 33.1 Å². The Morgan fingerprint density at radius 3 is 2.33 bits per heavy atom. The third-order valence-corrected chi connectivity index (χ3v) is 4.89. The Bertz CT molecular complexity index is 253. The van der Waals surface area contributed by atoms with Crippen molar-refractivity contribution in [3.8, 4) is 0 Å². The smallest absolute Gasteiger partial charge is 0.0243 e. The summed E-state index contributed by atoms with van der Waals surface area (Å²) in [5, 5.41) is 1.55. The zero-order valence-corrected chi connectivity index (χ0v) is 11.1. The zero-order valence-electron chi connectivity index (χ0n) is 10.2. The van der Waals surface area contributed by atoms with E-state index in [1.807, 2.05) is 0 Å². The van der Waals surface area contributed by atoms with E-state index in [2.05, 4.69) is 50.8 Å². The van der Waals surface area contributed by atoms with E-state index in [9.17, 15) is 0 Å². The van der Waals surface area contributed by atoms with Crippen molar-refractivity contribution in [2.45, 2.75) is 33.1 Å². The van der Waals surface area contributed by atoms with Gasteiger partial charge in [-0.05, 0) is 30.5 Å². The van der Waals surface area contributed by atoms with Gasteiger partial charge in [0.25, 0.3) is 0 Å². The van der Waals surface area contributed by atoms with Crippen LogP contribution < -0.4 is 5.30 Å². The second kappa shape index (κ2) is 7.01. The highest BCUT2D eigenvalue weighted by molar-refractivity contribution is 7.64. The molecule has 0 N–H and O–H groups in total. The molecule has 0 nitrogen and oxygen atoms in total. The van der Waals surface area contributed by atoms with Crippen molar-refractivity contribution in [3.63, 3.8) is 0 Å². The van der Waals surface area contributed by atoms with E-state index in [0.717, 1.165) is 5.92 Å². The first-order valence-electron chi connectivity index (χ1n) is 5.96. The van der Waals surface area contributed by atoms with Crippen molar-refractivity contribution in [2.75, 3.05) is 12.8 Å². The molecular formula is C14H23P. The third-order valence-electron chi connectivity index (χ3n) is 2.72. The normalized spacial score (nSPS) is 13.1. The van der Waals surface area contributed by atoms with E-state index in [4.69, 9.17) is 0 Å². The average molecular weight is 222 g/mol. The van der Waals surface area contributed by atoms with Gasteiger partial charge in [-0.1, -0.05) is 64.9 Å². The summed E-state index contributed by atoms with van der Waals surface area (Å²) in [5.74, 6) is 0.866. The summed E-state index contributed by atoms with van der Waals surface area (Å²) in [6, 6.07) is 11.0. The number of hydrogen-bond acceptors (Lipinski definition) is 0. The summed E-state index contributed by atoms with van der Waals surface area (Å²) in [5.41, 5.74) is 0. The number of rotatable bonds is 6. The lowest BCUT2D eigenvalue weighted by Gasteiger charge is -2.12. The quantitative estimate of drug-likeness (QED) is 0.498. The maximum absolute atomic E-state index is 2.40. The number of hydrogen-bond donors (Lipinski definition) is 0. The fourth-order valence-corrected chi connectivity index (χ4v) is 3.35. The van der Waals surface area contributed by atoms with Crippen LogP contribution in [0, 0.1) is 5.92 Å². The summed E-state index contributed by atoms with van der Waals surface area (Å²) in [6.45, 7) is 7.03. The van der Waals surface area contributed by atoms with Gasteiger partial charge in [0.15, 0.2) is 0 Å². The highest BCUT2D eigenvalue weighted by Crippen LogP contribution is 2.30. The lowest BCUT2D eigenvalue weighted by atomic mass is 10.1. The molecule has 0 saturated heterocycles. The Morgan fingerprint density at radius 1 is 1.07 bits per heavy atom. The second-order valence-corrected chi connectivity index (χ2v) is 7.01. The Morgan fingerprint density at radius 2 is 1.73 bits per heavy atom. The highest BCUT2D eigenvalue weighted by Gasteiger charge is 2.03. The molecule has 1 rings (SSSR count). The van der Waals surface area contributed by atoms with Crippen molar-refractivity contribution < 1.29 is 0 Å². The molecule has 0 bridgehead atoms. The Labute approximate surface area is 95.9 Å². The van der Waals surface area contributed by atoms with Gasteiger partial charge >= 0.3 is 0 Å². The van der Waals surface area contributed by atoms with Gasteiger partial charge in [-0.25, -0.2) is 0 Å². The van der Waals surface area contributed by atoms with Crippen LogP contribution in [0.3, 0.4) is 0 Å². The number of benzene rings is 1. The first-order valence-corrected chi connectivity index (χ1v) is 7.93. The van der Waals surface area contributed by atoms with E-state index in [1.165, 1.54) is 25.4 Å². The van der Waals surface area contributed by atoms with Gasteiger partial charge in [0, 0.05) is 0 Å². The van der Waals surface area contributed by atoms with Gasteiger partial charge in [0.2, 0.25) is 0 Å². The molecule has 1 aromatic carbocycles. The van der Waals surface area contributed by atoms with Crippen LogP contribution in [0.2, 0.25) is 0 Å². The van der Waals surface area contributed by atoms with Crippen LogP contribution in [0.4, 0.5) is 0 Å². The van der Waals surface area contributed by atoms with Gasteiger partial charge < -0.3 is 0 Å². The minimum Gasteiger partial charge on any atom is -0.0785 e. The van der Waals surface area contributed by atoms with Crippen LogP contribution >= 0.6 is 7.92 Å². The summed E-state index contributed by atoms with van der Waals surface area (Å²) in [6.07, 6.45) is 5.58. The molecule has 0 spiro atoms. The van der Waals surface area contributed by atoms with Gasteiger partial charge in [-0.2, -0.15) is 0 Å². The van der Waals surface area contributed by atoms with E-state index in [0.29, 0.717) is 0 Å². The molecule has 0 aliphatic rings. The van der Waals surface area contributed by atoms with E-state index < -0.39 is 0 Å². The minimum atomic E-state index is 0.0934. The maximum Gasteiger partial charge on any atom is -0.0243 e. The molecule has 1 atom stereocenters. The Balaban J connectivity index is 2.22. The molecule has 0 amide bonds. The fraction of sp³-hybridized carbons (Fsp3) is 0.571. The maximum atomic E-state index is 2.40. The first-order chi connectivity index (χ1) is 7.20. The molecule has 0 aliphatic heterocycles. The average Bonchev–Trinajstić information content (AvgIpc) is 2.25. The molecule has 1 heteroatoms. The molecular weight excluding hydrogens is 199 g/mol. The zero-order chi connectivity index (χ0) is 11.1. The predicted octanol–water partition coefficient (Wildman–Crippen LogP) is 4.25. The topological polar surface area (TPSA) is 0 Å². The van der Waals surface area contributed by atoms with E-state index in [1.54, 1.807) is 5.30 Å². The molecule has 0 aromatic heterocycles. The second-order valence-electron chi connectivity index (χ2n) is 4.65. The molecule has 0 fully saturated rings. The van der Waals surface area contributed by atoms with Crippen LogP contribution in [0.5, 0.6) is 0 Å². The summed E-state index contributed by atoms with van der Waals surface area (Å²) < 4.78 is 0. The molecule has 0 saturated carbocycles. The summed E-state index contributed by atoms with van der Waals surface area (Å²) in [7, 11) is 0.0934. The lowest BCUT2D eigenvalue weighted by Crippen LogP contribution is -2.01. The van der Waals surface area contributed by atoms with Crippen LogP contribution in [0.15, 0.2) is 30.3 Å². The van der Waals surface area contributed by atoms with Crippen molar-refractivity contribution in [3.05, 3.63) is 30.3 Å². The van der Waals surface area contributed by atoms with Crippen molar-refractivity contribution in [1.29, 1.82) is 0 Å². The standard InChI is InChI=1S/C14H23P/c1-13(2)9-7-8-12-15(3)14-10-5-4-6-11-14/h4-6,10-11,13H,7-9,12H2,1-3H3. The van der Waals surface area contributed by atoms with Crippen molar-refractivity contribution in [2.24, 2.45) is 5.92 Å². The Kier molecular flexibility index (Phi) is 5.95. The molecule has 1 unspecified atom stereocenters.